The highest BCUT2D eigenvalue weighted by Gasteiger charge is 2.06. The number of benzene rings is 1. The minimum absolute atomic E-state index is 0.531. The molecule has 1 aromatic carbocycles. The van der Waals surface area contributed by atoms with Gasteiger partial charge in [0, 0.05) is 15.7 Å². The van der Waals surface area contributed by atoms with Crippen molar-refractivity contribution in [1.82, 2.24) is 0 Å². The quantitative estimate of drug-likeness (QED) is 0.840. The molecule has 0 unspecified atom stereocenters. The van der Waals surface area contributed by atoms with Gasteiger partial charge < -0.3 is 10.5 Å². The second kappa shape index (κ2) is 4.09. The smallest absolute Gasteiger partial charge is 0.124 e. The number of hydrogen-bond donors (Lipinski definition) is 1. The molecule has 2 nitrogen and oxygen atoms in total. The lowest BCUT2D eigenvalue weighted by atomic mass is 10.1. The number of aryl methyl sites for hydroxylation is 1. The molecule has 0 aliphatic carbocycles. The van der Waals surface area contributed by atoms with Crippen molar-refractivity contribution in [1.29, 1.82) is 0 Å². The summed E-state index contributed by atoms with van der Waals surface area (Å²) in [6, 6.07) is 4.00. The molecule has 0 fully saturated rings. The number of ether oxygens (including phenoxy) is 1. The molecule has 0 bridgehead atoms. The van der Waals surface area contributed by atoms with Gasteiger partial charge >= 0.3 is 0 Å². The summed E-state index contributed by atoms with van der Waals surface area (Å²) in [5.41, 5.74) is 7.95. The van der Waals surface area contributed by atoms with Crippen molar-refractivity contribution in [2.75, 3.05) is 7.11 Å². The van der Waals surface area contributed by atoms with E-state index in [2.05, 4.69) is 29.5 Å². The lowest BCUT2D eigenvalue weighted by Crippen LogP contribution is -2.03. The predicted molar refractivity (Wildman–Crippen MR) is 58.3 cm³/mol. The SMILES string of the molecule is COc1ccc(C)c(I)c1CN. The summed E-state index contributed by atoms with van der Waals surface area (Å²) in [7, 11) is 1.67. The Morgan fingerprint density at radius 1 is 1.50 bits per heavy atom. The first-order valence-electron chi connectivity index (χ1n) is 3.72. The summed E-state index contributed by atoms with van der Waals surface area (Å²) >= 11 is 2.29. The van der Waals surface area contributed by atoms with Crippen LogP contribution in [0.25, 0.3) is 0 Å². The van der Waals surface area contributed by atoms with Gasteiger partial charge in [-0.3, -0.25) is 0 Å². The molecule has 0 spiro atoms. The monoisotopic (exact) mass is 277 g/mol. The van der Waals surface area contributed by atoms with Crippen LogP contribution >= 0.6 is 22.6 Å². The zero-order valence-electron chi connectivity index (χ0n) is 7.23. The van der Waals surface area contributed by atoms with Gasteiger partial charge in [0.05, 0.1) is 7.11 Å². The van der Waals surface area contributed by atoms with Crippen molar-refractivity contribution < 1.29 is 4.74 Å². The van der Waals surface area contributed by atoms with Gasteiger partial charge in [-0.05, 0) is 41.1 Å². The van der Waals surface area contributed by atoms with Gasteiger partial charge in [-0.2, -0.15) is 0 Å². The van der Waals surface area contributed by atoms with Crippen LogP contribution in [-0.4, -0.2) is 7.11 Å². The van der Waals surface area contributed by atoms with Crippen molar-refractivity contribution in [2.24, 2.45) is 5.73 Å². The molecule has 0 amide bonds. The third-order valence-electron chi connectivity index (χ3n) is 1.82. The van der Waals surface area contributed by atoms with Crippen molar-refractivity contribution in [3.05, 3.63) is 26.8 Å². The van der Waals surface area contributed by atoms with E-state index in [9.17, 15) is 0 Å². The number of nitrogens with two attached hydrogens (primary N) is 1. The maximum Gasteiger partial charge on any atom is 0.124 e. The third-order valence-corrected chi connectivity index (χ3v) is 3.32. The average molecular weight is 277 g/mol. The zero-order chi connectivity index (χ0) is 9.14. The topological polar surface area (TPSA) is 35.2 Å². The molecule has 1 aromatic rings. The second-order valence-corrected chi connectivity index (χ2v) is 3.66. The molecule has 0 heterocycles. The van der Waals surface area contributed by atoms with E-state index in [1.807, 2.05) is 12.1 Å². The summed E-state index contributed by atoms with van der Waals surface area (Å²) in [6.45, 7) is 2.60. The van der Waals surface area contributed by atoms with Crippen LogP contribution in [0.15, 0.2) is 12.1 Å². The highest BCUT2D eigenvalue weighted by molar-refractivity contribution is 14.1. The Labute approximate surface area is 86.2 Å². The Morgan fingerprint density at radius 3 is 2.67 bits per heavy atom. The summed E-state index contributed by atoms with van der Waals surface area (Å²) in [4.78, 5) is 0. The van der Waals surface area contributed by atoms with Crippen molar-refractivity contribution >= 4 is 22.6 Å². The first-order chi connectivity index (χ1) is 5.70. The van der Waals surface area contributed by atoms with E-state index in [0.717, 1.165) is 11.3 Å². The molecule has 0 aromatic heterocycles. The molecule has 66 valence electrons. The molecule has 0 saturated carbocycles. The fraction of sp³-hybridized carbons (Fsp3) is 0.333. The molecule has 3 heteroatoms. The first kappa shape index (κ1) is 9.80. The lowest BCUT2D eigenvalue weighted by molar-refractivity contribution is 0.409. The van der Waals surface area contributed by atoms with E-state index in [4.69, 9.17) is 10.5 Å². The first-order valence-corrected chi connectivity index (χ1v) is 4.80. The van der Waals surface area contributed by atoms with Gasteiger partial charge in [0.1, 0.15) is 5.75 Å². The molecule has 0 saturated heterocycles. The second-order valence-electron chi connectivity index (χ2n) is 2.58. The predicted octanol–water partition coefficient (Wildman–Crippen LogP) is 2.07. The van der Waals surface area contributed by atoms with E-state index in [1.54, 1.807) is 7.11 Å². The number of rotatable bonds is 2. The van der Waals surface area contributed by atoms with Crippen LogP contribution in [0.1, 0.15) is 11.1 Å². The highest BCUT2D eigenvalue weighted by Crippen LogP contribution is 2.25. The van der Waals surface area contributed by atoms with E-state index < -0.39 is 0 Å². The van der Waals surface area contributed by atoms with Gasteiger partial charge in [-0.1, -0.05) is 6.07 Å². The van der Waals surface area contributed by atoms with Crippen LogP contribution in [-0.2, 0) is 6.54 Å². The molecule has 0 radical (unpaired) electrons. The van der Waals surface area contributed by atoms with Crippen LogP contribution in [0, 0.1) is 10.5 Å². The molecular formula is C9H12INO. The zero-order valence-corrected chi connectivity index (χ0v) is 9.38. The van der Waals surface area contributed by atoms with E-state index in [0.29, 0.717) is 6.54 Å². The minimum atomic E-state index is 0.531. The lowest BCUT2D eigenvalue weighted by Gasteiger charge is -2.10. The van der Waals surface area contributed by atoms with Gasteiger partial charge in [0.25, 0.3) is 0 Å². The molecule has 1 rings (SSSR count). The Bertz CT molecular complexity index is 286. The number of hydrogen-bond acceptors (Lipinski definition) is 2. The van der Waals surface area contributed by atoms with E-state index in [-0.39, 0.29) is 0 Å². The standard InChI is InChI=1S/C9H12INO/c1-6-3-4-8(12-2)7(5-11)9(6)10/h3-4H,5,11H2,1-2H3. The van der Waals surface area contributed by atoms with E-state index in [1.165, 1.54) is 9.13 Å². The third kappa shape index (κ3) is 1.72. The van der Waals surface area contributed by atoms with Gasteiger partial charge in [-0.15, -0.1) is 0 Å². The maximum atomic E-state index is 5.61. The molecule has 0 aliphatic rings. The van der Waals surface area contributed by atoms with E-state index >= 15 is 0 Å². The van der Waals surface area contributed by atoms with Crippen molar-refractivity contribution in [2.45, 2.75) is 13.5 Å². The van der Waals surface area contributed by atoms with Gasteiger partial charge in [-0.25, -0.2) is 0 Å². The van der Waals surface area contributed by atoms with Crippen LogP contribution < -0.4 is 10.5 Å². The van der Waals surface area contributed by atoms with Crippen LogP contribution in [0.2, 0.25) is 0 Å². The molecular weight excluding hydrogens is 265 g/mol. The van der Waals surface area contributed by atoms with Crippen LogP contribution in [0.5, 0.6) is 5.75 Å². The summed E-state index contributed by atoms with van der Waals surface area (Å²) < 4.78 is 6.39. The number of halogens is 1. The maximum absolute atomic E-state index is 5.61. The van der Waals surface area contributed by atoms with Crippen molar-refractivity contribution in [3.63, 3.8) is 0 Å². The van der Waals surface area contributed by atoms with Crippen molar-refractivity contribution in [3.8, 4) is 5.75 Å². The molecule has 12 heavy (non-hydrogen) atoms. The normalized spacial score (nSPS) is 10.0. The summed E-state index contributed by atoms with van der Waals surface area (Å²) in [5.74, 6) is 0.882. The highest BCUT2D eigenvalue weighted by atomic mass is 127. The Morgan fingerprint density at radius 2 is 2.17 bits per heavy atom. The van der Waals surface area contributed by atoms with Gasteiger partial charge in [0.2, 0.25) is 0 Å². The average Bonchev–Trinajstić information content (AvgIpc) is 2.09. The Kier molecular flexibility index (Phi) is 3.34. The fourth-order valence-corrected chi connectivity index (χ4v) is 1.77. The Balaban J connectivity index is 3.25. The fourth-order valence-electron chi connectivity index (χ4n) is 1.10. The molecule has 0 aliphatic heterocycles. The summed E-state index contributed by atoms with van der Waals surface area (Å²) in [5, 5.41) is 0. The molecule has 0 atom stereocenters. The largest absolute Gasteiger partial charge is 0.496 e. The summed E-state index contributed by atoms with van der Waals surface area (Å²) in [6.07, 6.45) is 0. The Hall–Kier alpha value is -0.290. The minimum Gasteiger partial charge on any atom is -0.496 e. The van der Waals surface area contributed by atoms with Gasteiger partial charge in [0.15, 0.2) is 0 Å². The molecule has 2 N–H and O–H groups in total. The number of methoxy groups -OCH3 is 1. The van der Waals surface area contributed by atoms with Crippen LogP contribution in [0.3, 0.4) is 0 Å². The van der Waals surface area contributed by atoms with Crippen LogP contribution in [0.4, 0.5) is 0 Å².